The molecule has 4 rings (SSSR count). The topological polar surface area (TPSA) is 78.3 Å². The molecular weight excluding hydrogens is 364 g/mol. The Balaban J connectivity index is 1.50. The van der Waals surface area contributed by atoms with Crippen molar-refractivity contribution in [2.75, 3.05) is 24.8 Å². The molecule has 27 heavy (non-hydrogen) atoms. The number of hydrogen-bond acceptors (Lipinski definition) is 6. The summed E-state index contributed by atoms with van der Waals surface area (Å²) in [7, 11) is 0. The van der Waals surface area contributed by atoms with Crippen LogP contribution in [0.1, 0.15) is 15.9 Å². The minimum atomic E-state index is -0.172. The number of anilines is 1. The van der Waals surface area contributed by atoms with Crippen LogP contribution in [0.25, 0.3) is 0 Å². The number of rotatable bonds is 5. The van der Waals surface area contributed by atoms with E-state index in [-0.39, 0.29) is 5.91 Å². The second-order valence-corrected chi connectivity index (χ2v) is 6.79. The molecule has 0 unspecified atom stereocenters. The fraction of sp³-hybridized carbons (Fsp3) is 0.211. The van der Waals surface area contributed by atoms with Crippen LogP contribution >= 0.6 is 11.8 Å². The number of nitrogens with one attached hydrogen (secondary N) is 1. The minimum absolute atomic E-state index is 0.172. The first-order valence-electron chi connectivity index (χ1n) is 8.43. The Morgan fingerprint density at radius 3 is 2.59 bits per heavy atom. The van der Waals surface area contributed by atoms with Crippen LogP contribution in [0.3, 0.4) is 0 Å². The Morgan fingerprint density at radius 1 is 1.19 bits per heavy atom. The lowest BCUT2D eigenvalue weighted by Gasteiger charge is -2.21. The molecule has 0 fully saturated rings. The fourth-order valence-electron chi connectivity index (χ4n) is 2.79. The van der Waals surface area contributed by atoms with Crippen molar-refractivity contribution in [1.29, 1.82) is 0 Å². The van der Waals surface area contributed by atoms with Gasteiger partial charge in [0.2, 0.25) is 0 Å². The van der Waals surface area contributed by atoms with Gasteiger partial charge in [-0.05, 0) is 30.0 Å². The first kappa shape index (κ1) is 17.4. The van der Waals surface area contributed by atoms with Crippen molar-refractivity contribution in [2.45, 2.75) is 11.4 Å². The van der Waals surface area contributed by atoms with Crippen LogP contribution < -0.4 is 14.8 Å². The number of benzene rings is 2. The zero-order chi connectivity index (χ0) is 18.6. The highest BCUT2D eigenvalue weighted by Gasteiger charge is 2.17. The molecule has 7 nitrogen and oxygen atoms in total. The zero-order valence-corrected chi connectivity index (χ0v) is 15.5. The lowest BCUT2D eigenvalue weighted by atomic mass is 10.1. The first-order valence-corrected chi connectivity index (χ1v) is 9.66. The molecule has 1 amide bonds. The molecule has 2 aromatic carbocycles. The predicted molar refractivity (Wildman–Crippen MR) is 103 cm³/mol. The maximum Gasteiger partial charge on any atom is 0.255 e. The molecule has 0 atom stereocenters. The van der Waals surface area contributed by atoms with Crippen LogP contribution in [-0.2, 0) is 6.54 Å². The van der Waals surface area contributed by atoms with Crippen LogP contribution in [0, 0.1) is 0 Å². The number of carbonyl (C=O) groups excluding carboxylic acids is 1. The Bertz CT molecular complexity index is 942. The number of hydrogen-bond donors (Lipinski definition) is 1. The molecule has 1 aromatic heterocycles. The van der Waals surface area contributed by atoms with Gasteiger partial charge in [0, 0.05) is 16.5 Å². The average molecular weight is 382 g/mol. The second kappa shape index (κ2) is 7.71. The second-order valence-electron chi connectivity index (χ2n) is 5.94. The van der Waals surface area contributed by atoms with E-state index in [0.29, 0.717) is 42.5 Å². The lowest BCUT2D eigenvalue weighted by Crippen LogP contribution is -2.17. The van der Waals surface area contributed by atoms with E-state index in [1.165, 1.54) is 6.33 Å². The normalized spacial score (nSPS) is 12.6. The minimum Gasteiger partial charge on any atom is -0.486 e. The van der Waals surface area contributed by atoms with Crippen molar-refractivity contribution in [2.24, 2.45) is 0 Å². The molecule has 0 saturated heterocycles. The number of fused-ring (bicyclic) bond motifs is 1. The van der Waals surface area contributed by atoms with E-state index in [1.807, 2.05) is 30.5 Å². The van der Waals surface area contributed by atoms with Crippen molar-refractivity contribution in [3.05, 3.63) is 60.2 Å². The molecule has 3 aromatic rings. The molecule has 8 heteroatoms. The maximum atomic E-state index is 12.7. The molecule has 0 spiro atoms. The van der Waals surface area contributed by atoms with Gasteiger partial charge < -0.3 is 14.8 Å². The summed E-state index contributed by atoms with van der Waals surface area (Å²) in [4.78, 5) is 17.5. The van der Waals surface area contributed by atoms with E-state index < -0.39 is 0 Å². The van der Waals surface area contributed by atoms with Crippen LogP contribution in [0.4, 0.5) is 5.69 Å². The van der Waals surface area contributed by atoms with E-state index in [2.05, 4.69) is 15.4 Å². The Labute approximate surface area is 160 Å². The summed E-state index contributed by atoms with van der Waals surface area (Å²) in [6.07, 6.45) is 5.12. The largest absolute Gasteiger partial charge is 0.486 e. The van der Waals surface area contributed by atoms with Gasteiger partial charge in [0.15, 0.2) is 11.5 Å². The first-order chi connectivity index (χ1) is 13.2. The van der Waals surface area contributed by atoms with E-state index in [0.717, 1.165) is 10.5 Å². The number of nitrogens with zero attached hydrogens (tertiary/aromatic N) is 3. The molecule has 1 N–H and O–H groups in total. The monoisotopic (exact) mass is 382 g/mol. The van der Waals surface area contributed by atoms with Crippen LogP contribution in [0.2, 0.25) is 0 Å². The Hall–Kier alpha value is -3.00. The summed E-state index contributed by atoms with van der Waals surface area (Å²) in [6, 6.07) is 11.1. The van der Waals surface area contributed by atoms with E-state index >= 15 is 0 Å². The van der Waals surface area contributed by atoms with Gasteiger partial charge in [-0.2, -0.15) is 5.10 Å². The SMILES string of the molecule is CSc1cc2c(cc1NC(=O)c1ccc(Cn3cncn3)cc1)OCCO2. The molecule has 2 heterocycles. The number of amides is 1. The number of carbonyl (C=O) groups is 1. The smallest absolute Gasteiger partial charge is 0.255 e. The highest BCUT2D eigenvalue weighted by Crippen LogP contribution is 2.39. The standard InChI is InChI=1S/C19H18N4O3S/c1-27-18-9-17-16(25-6-7-26-17)8-15(18)22-19(24)14-4-2-13(3-5-14)10-23-12-20-11-21-23/h2-5,8-9,11-12H,6-7,10H2,1H3,(H,22,24). The highest BCUT2D eigenvalue weighted by molar-refractivity contribution is 7.98. The van der Waals surface area contributed by atoms with E-state index in [1.54, 1.807) is 34.9 Å². The summed E-state index contributed by atoms with van der Waals surface area (Å²) < 4.78 is 13.0. The molecule has 1 aliphatic rings. The van der Waals surface area contributed by atoms with Gasteiger partial charge in [0.1, 0.15) is 25.9 Å². The maximum absolute atomic E-state index is 12.7. The van der Waals surface area contributed by atoms with Gasteiger partial charge in [0.25, 0.3) is 5.91 Å². The quantitative estimate of drug-likeness (QED) is 0.684. The molecule has 0 saturated carbocycles. The predicted octanol–water partition coefficient (Wildman–Crippen LogP) is 3.07. The lowest BCUT2D eigenvalue weighted by molar-refractivity contribution is 0.102. The Morgan fingerprint density at radius 2 is 1.93 bits per heavy atom. The number of ether oxygens (including phenoxy) is 2. The summed E-state index contributed by atoms with van der Waals surface area (Å²) in [5.74, 6) is 1.19. The van der Waals surface area contributed by atoms with Crippen LogP contribution in [-0.4, -0.2) is 40.1 Å². The third kappa shape index (κ3) is 3.90. The van der Waals surface area contributed by atoms with Gasteiger partial charge in [-0.3, -0.25) is 4.79 Å². The summed E-state index contributed by atoms with van der Waals surface area (Å²) in [6.45, 7) is 1.65. The van der Waals surface area contributed by atoms with Crippen molar-refractivity contribution < 1.29 is 14.3 Å². The summed E-state index contributed by atoms with van der Waals surface area (Å²) >= 11 is 1.54. The molecular formula is C19H18N4O3S. The van der Waals surface area contributed by atoms with E-state index in [9.17, 15) is 4.79 Å². The third-order valence-electron chi connectivity index (χ3n) is 4.14. The Kier molecular flexibility index (Phi) is 4.97. The van der Waals surface area contributed by atoms with E-state index in [4.69, 9.17) is 9.47 Å². The summed E-state index contributed by atoms with van der Waals surface area (Å²) in [5.41, 5.74) is 2.34. The van der Waals surface area contributed by atoms with Crippen molar-refractivity contribution >= 4 is 23.4 Å². The third-order valence-corrected chi connectivity index (χ3v) is 4.92. The van der Waals surface area contributed by atoms with Gasteiger partial charge in [-0.1, -0.05) is 12.1 Å². The zero-order valence-electron chi connectivity index (χ0n) is 14.7. The van der Waals surface area contributed by atoms with Crippen LogP contribution in [0.15, 0.2) is 53.9 Å². The van der Waals surface area contributed by atoms with Crippen LogP contribution in [0.5, 0.6) is 11.5 Å². The van der Waals surface area contributed by atoms with Crippen molar-refractivity contribution in [1.82, 2.24) is 14.8 Å². The van der Waals surface area contributed by atoms with Gasteiger partial charge >= 0.3 is 0 Å². The average Bonchev–Trinajstić information content (AvgIpc) is 3.21. The molecule has 0 radical (unpaired) electrons. The van der Waals surface area contributed by atoms with Gasteiger partial charge in [-0.25, -0.2) is 9.67 Å². The van der Waals surface area contributed by atoms with Crippen molar-refractivity contribution in [3.63, 3.8) is 0 Å². The number of thioether (sulfide) groups is 1. The molecule has 0 bridgehead atoms. The van der Waals surface area contributed by atoms with Crippen molar-refractivity contribution in [3.8, 4) is 11.5 Å². The van der Waals surface area contributed by atoms with Gasteiger partial charge in [0.05, 0.1) is 12.2 Å². The highest BCUT2D eigenvalue weighted by atomic mass is 32.2. The number of aromatic nitrogens is 3. The molecule has 0 aliphatic carbocycles. The molecule has 1 aliphatic heterocycles. The van der Waals surface area contributed by atoms with Gasteiger partial charge in [-0.15, -0.1) is 11.8 Å². The molecule has 138 valence electrons. The fourth-order valence-corrected chi connectivity index (χ4v) is 3.35. The summed E-state index contributed by atoms with van der Waals surface area (Å²) in [5, 5.41) is 7.05.